The number of H-pyrrole nitrogens is 1. The van der Waals surface area contributed by atoms with Crippen molar-refractivity contribution in [1.82, 2.24) is 24.8 Å². The Hall–Kier alpha value is -1.91. The van der Waals surface area contributed by atoms with Gasteiger partial charge in [-0.25, -0.2) is 0 Å². The lowest BCUT2D eigenvalue weighted by atomic mass is 9.95. The van der Waals surface area contributed by atoms with Gasteiger partial charge in [0.15, 0.2) is 5.65 Å². The van der Waals surface area contributed by atoms with Crippen LogP contribution in [0.4, 0.5) is 0 Å². The van der Waals surface area contributed by atoms with Gasteiger partial charge in [0.25, 0.3) is 0 Å². The smallest absolute Gasteiger partial charge is 0.187 e. The highest BCUT2D eigenvalue weighted by Gasteiger charge is 2.23. The Morgan fingerprint density at radius 2 is 2.06 bits per heavy atom. The predicted molar refractivity (Wildman–Crippen MR) is 70.7 cm³/mol. The number of nitrogens with one attached hydrogen (secondary N) is 1. The quantitative estimate of drug-likeness (QED) is 0.714. The zero-order valence-corrected chi connectivity index (χ0v) is 11.2. The highest BCUT2D eigenvalue weighted by molar-refractivity contribution is 5.90. The standard InChI is InChI=1S/C13H17N5/c1-5-9-6-8-7-14-15-10(8)11-16-17-12(18(9)11)13(2,3)4/h6-7H,5H2,1-4H3,(H,14,15). The summed E-state index contributed by atoms with van der Waals surface area (Å²) in [5.74, 6) is 0.992. The zero-order valence-electron chi connectivity index (χ0n) is 11.2. The number of nitrogens with zero attached hydrogens (tertiary/aromatic N) is 4. The Kier molecular flexibility index (Phi) is 2.20. The van der Waals surface area contributed by atoms with E-state index in [0.717, 1.165) is 28.8 Å². The maximum absolute atomic E-state index is 4.37. The number of aromatic nitrogens is 5. The van der Waals surface area contributed by atoms with Crippen LogP contribution in [0, 0.1) is 0 Å². The second kappa shape index (κ2) is 3.54. The lowest BCUT2D eigenvalue weighted by molar-refractivity contribution is 0.535. The molecular weight excluding hydrogens is 226 g/mol. The van der Waals surface area contributed by atoms with Gasteiger partial charge in [0, 0.05) is 16.5 Å². The van der Waals surface area contributed by atoms with Gasteiger partial charge in [0.1, 0.15) is 11.3 Å². The molecule has 0 aliphatic rings. The van der Waals surface area contributed by atoms with Gasteiger partial charge in [-0.1, -0.05) is 27.7 Å². The molecular formula is C13H17N5. The molecule has 0 amide bonds. The van der Waals surface area contributed by atoms with E-state index in [-0.39, 0.29) is 5.41 Å². The SMILES string of the molecule is CCc1cc2cn[nH]c2c2nnc(C(C)(C)C)n12. The highest BCUT2D eigenvalue weighted by atomic mass is 15.3. The fourth-order valence-corrected chi connectivity index (χ4v) is 2.29. The summed E-state index contributed by atoms with van der Waals surface area (Å²) in [6.07, 6.45) is 2.78. The summed E-state index contributed by atoms with van der Waals surface area (Å²) in [5.41, 5.74) is 3.01. The van der Waals surface area contributed by atoms with Crippen LogP contribution < -0.4 is 0 Å². The number of aromatic amines is 1. The van der Waals surface area contributed by atoms with Crippen LogP contribution in [-0.4, -0.2) is 24.8 Å². The first-order chi connectivity index (χ1) is 8.52. The second-order valence-corrected chi connectivity index (χ2v) is 5.62. The number of rotatable bonds is 1. The van der Waals surface area contributed by atoms with Gasteiger partial charge in [0.2, 0.25) is 0 Å². The summed E-state index contributed by atoms with van der Waals surface area (Å²) in [7, 11) is 0. The molecule has 0 saturated heterocycles. The lowest BCUT2D eigenvalue weighted by Gasteiger charge is -2.17. The molecule has 0 spiro atoms. The third kappa shape index (κ3) is 1.43. The monoisotopic (exact) mass is 243 g/mol. The molecule has 0 unspecified atom stereocenters. The van der Waals surface area contributed by atoms with Crippen molar-refractivity contribution in [2.24, 2.45) is 0 Å². The molecule has 1 N–H and O–H groups in total. The summed E-state index contributed by atoms with van der Waals surface area (Å²) in [4.78, 5) is 0. The molecule has 0 fully saturated rings. The van der Waals surface area contributed by atoms with Gasteiger partial charge in [-0.2, -0.15) is 5.10 Å². The summed E-state index contributed by atoms with van der Waals surface area (Å²) in [6.45, 7) is 8.60. The first-order valence-electron chi connectivity index (χ1n) is 6.23. The number of pyridine rings is 1. The Labute approximate surface area is 105 Å². The molecule has 3 aromatic rings. The van der Waals surface area contributed by atoms with Crippen LogP contribution in [-0.2, 0) is 11.8 Å². The number of aryl methyl sites for hydroxylation is 1. The molecule has 0 radical (unpaired) electrons. The van der Waals surface area contributed by atoms with Crippen molar-refractivity contribution >= 4 is 16.6 Å². The molecule has 94 valence electrons. The van der Waals surface area contributed by atoms with Crippen molar-refractivity contribution in [2.75, 3.05) is 0 Å². The molecule has 0 bridgehead atoms. The third-order valence-electron chi connectivity index (χ3n) is 3.20. The van der Waals surface area contributed by atoms with E-state index in [1.807, 2.05) is 6.20 Å². The Bertz CT molecular complexity index is 709. The second-order valence-electron chi connectivity index (χ2n) is 5.62. The molecule has 0 saturated carbocycles. The van der Waals surface area contributed by atoms with E-state index >= 15 is 0 Å². The summed E-state index contributed by atoms with van der Waals surface area (Å²) >= 11 is 0. The molecule has 18 heavy (non-hydrogen) atoms. The fraction of sp³-hybridized carbons (Fsp3) is 0.462. The van der Waals surface area contributed by atoms with E-state index in [0.29, 0.717) is 0 Å². The van der Waals surface area contributed by atoms with Crippen molar-refractivity contribution in [3.63, 3.8) is 0 Å². The van der Waals surface area contributed by atoms with Crippen LogP contribution >= 0.6 is 0 Å². The van der Waals surface area contributed by atoms with E-state index in [4.69, 9.17) is 0 Å². The van der Waals surface area contributed by atoms with Crippen LogP contribution in [0.25, 0.3) is 16.6 Å². The minimum absolute atomic E-state index is 0.0307. The van der Waals surface area contributed by atoms with Gasteiger partial charge >= 0.3 is 0 Å². The first kappa shape index (κ1) is 11.2. The highest BCUT2D eigenvalue weighted by Crippen LogP contribution is 2.26. The maximum atomic E-state index is 4.37. The van der Waals surface area contributed by atoms with Crippen LogP contribution in [0.1, 0.15) is 39.2 Å². The van der Waals surface area contributed by atoms with E-state index in [2.05, 4.69) is 58.6 Å². The number of hydrogen-bond acceptors (Lipinski definition) is 3. The van der Waals surface area contributed by atoms with Crippen molar-refractivity contribution < 1.29 is 0 Å². The first-order valence-corrected chi connectivity index (χ1v) is 6.23. The third-order valence-corrected chi connectivity index (χ3v) is 3.20. The van der Waals surface area contributed by atoms with Gasteiger partial charge < -0.3 is 0 Å². The van der Waals surface area contributed by atoms with Crippen molar-refractivity contribution in [3.8, 4) is 0 Å². The number of fused-ring (bicyclic) bond motifs is 3. The summed E-state index contributed by atoms with van der Waals surface area (Å²) < 4.78 is 2.15. The van der Waals surface area contributed by atoms with Gasteiger partial charge in [0.05, 0.1) is 6.20 Å². The van der Waals surface area contributed by atoms with Crippen LogP contribution in [0.15, 0.2) is 12.3 Å². The molecule has 0 aromatic carbocycles. The van der Waals surface area contributed by atoms with Crippen LogP contribution in [0.2, 0.25) is 0 Å². The van der Waals surface area contributed by atoms with Crippen molar-refractivity contribution in [2.45, 2.75) is 39.5 Å². The van der Waals surface area contributed by atoms with Gasteiger partial charge in [-0.15, -0.1) is 10.2 Å². The van der Waals surface area contributed by atoms with Crippen LogP contribution in [0.5, 0.6) is 0 Å². The number of hydrogen-bond donors (Lipinski definition) is 1. The normalized spacial score (nSPS) is 12.7. The van der Waals surface area contributed by atoms with E-state index in [9.17, 15) is 0 Å². The molecule has 3 rings (SSSR count). The fourth-order valence-electron chi connectivity index (χ4n) is 2.29. The molecule has 0 aliphatic heterocycles. The van der Waals surface area contributed by atoms with Gasteiger partial charge in [-0.3, -0.25) is 9.50 Å². The Balaban J connectivity index is 2.49. The van der Waals surface area contributed by atoms with E-state index in [1.165, 1.54) is 5.69 Å². The Morgan fingerprint density at radius 1 is 1.28 bits per heavy atom. The topological polar surface area (TPSA) is 58.9 Å². The van der Waals surface area contributed by atoms with Crippen molar-refractivity contribution in [3.05, 3.63) is 23.8 Å². The molecule has 5 nitrogen and oxygen atoms in total. The molecule has 3 aromatic heterocycles. The lowest BCUT2D eigenvalue weighted by Crippen LogP contribution is -2.17. The molecule has 0 aliphatic carbocycles. The average molecular weight is 243 g/mol. The van der Waals surface area contributed by atoms with Crippen molar-refractivity contribution in [1.29, 1.82) is 0 Å². The maximum Gasteiger partial charge on any atom is 0.187 e. The molecule has 3 heterocycles. The predicted octanol–water partition coefficient (Wildman–Crippen LogP) is 2.47. The molecule has 5 heteroatoms. The van der Waals surface area contributed by atoms with Crippen LogP contribution in [0.3, 0.4) is 0 Å². The molecule has 0 atom stereocenters. The summed E-state index contributed by atoms with van der Waals surface area (Å²) in [6, 6.07) is 2.16. The average Bonchev–Trinajstić information content (AvgIpc) is 2.92. The minimum atomic E-state index is -0.0307. The largest absolute Gasteiger partial charge is 0.281 e. The minimum Gasteiger partial charge on any atom is -0.281 e. The van der Waals surface area contributed by atoms with Gasteiger partial charge in [-0.05, 0) is 12.5 Å². The zero-order chi connectivity index (χ0) is 12.9. The van der Waals surface area contributed by atoms with E-state index in [1.54, 1.807) is 0 Å². The Morgan fingerprint density at radius 3 is 2.72 bits per heavy atom. The van der Waals surface area contributed by atoms with E-state index < -0.39 is 0 Å². The summed E-state index contributed by atoms with van der Waals surface area (Å²) in [5, 5.41) is 16.9.